The molecule has 13 heavy (non-hydrogen) atoms. The summed E-state index contributed by atoms with van der Waals surface area (Å²) in [5.41, 5.74) is 1.92. The lowest BCUT2D eigenvalue weighted by molar-refractivity contribution is 1.28. The SMILES string of the molecule is N#Cc1cccc(C2=CCCS2)c1. The standard InChI is InChI=1S/C11H9NS/c12-8-9-3-1-4-10(7-9)11-5-2-6-13-11/h1,3-5,7H,2,6H2. The van der Waals surface area contributed by atoms with E-state index in [0.29, 0.717) is 0 Å². The predicted molar refractivity (Wildman–Crippen MR) is 56.2 cm³/mol. The lowest BCUT2D eigenvalue weighted by Crippen LogP contribution is -1.79. The van der Waals surface area contributed by atoms with E-state index in [4.69, 9.17) is 5.26 Å². The van der Waals surface area contributed by atoms with Crippen LogP contribution < -0.4 is 0 Å². The molecule has 0 saturated heterocycles. The molecule has 0 fully saturated rings. The summed E-state index contributed by atoms with van der Waals surface area (Å²) in [6.07, 6.45) is 3.39. The third-order valence-electron chi connectivity index (χ3n) is 1.98. The van der Waals surface area contributed by atoms with Gasteiger partial charge in [-0.25, -0.2) is 0 Å². The van der Waals surface area contributed by atoms with Crippen molar-refractivity contribution >= 4 is 16.7 Å². The van der Waals surface area contributed by atoms with Gasteiger partial charge in [-0.3, -0.25) is 0 Å². The molecule has 1 aromatic carbocycles. The van der Waals surface area contributed by atoms with Crippen LogP contribution in [0.25, 0.3) is 4.91 Å². The summed E-state index contributed by atoms with van der Waals surface area (Å²) in [6.45, 7) is 0. The van der Waals surface area contributed by atoms with Crippen molar-refractivity contribution in [1.82, 2.24) is 0 Å². The molecule has 1 nitrogen and oxygen atoms in total. The number of hydrogen-bond donors (Lipinski definition) is 0. The second-order valence-corrected chi connectivity index (χ2v) is 4.03. The van der Waals surface area contributed by atoms with Crippen LogP contribution in [0.2, 0.25) is 0 Å². The number of thioether (sulfide) groups is 1. The summed E-state index contributed by atoms with van der Waals surface area (Å²) in [6, 6.07) is 9.94. The van der Waals surface area contributed by atoms with Gasteiger partial charge in [-0.2, -0.15) is 5.26 Å². The largest absolute Gasteiger partial charge is 0.192 e. The van der Waals surface area contributed by atoms with E-state index >= 15 is 0 Å². The molecule has 2 rings (SSSR count). The number of rotatable bonds is 1. The summed E-state index contributed by atoms with van der Waals surface area (Å²) in [4.78, 5) is 1.32. The summed E-state index contributed by atoms with van der Waals surface area (Å²) in [7, 11) is 0. The van der Waals surface area contributed by atoms with Gasteiger partial charge in [-0.05, 0) is 24.1 Å². The molecule has 0 spiro atoms. The Morgan fingerprint density at radius 1 is 1.38 bits per heavy atom. The van der Waals surface area contributed by atoms with Gasteiger partial charge in [-0.15, -0.1) is 11.8 Å². The van der Waals surface area contributed by atoms with Crippen LogP contribution in [0.4, 0.5) is 0 Å². The summed E-state index contributed by atoms with van der Waals surface area (Å²) in [5, 5.41) is 8.73. The molecule has 0 aliphatic carbocycles. The van der Waals surface area contributed by atoms with Crippen LogP contribution in [-0.2, 0) is 0 Å². The molecule has 0 bridgehead atoms. The lowest BCUT2D eigenvalue weighted by Gasteiger charge is -2.00. The number of allylic oxidation sites excluding steroid dienone is 1. The van der Waals surface area contributed by atoms with Gasteiger partial charge < -0.3 is 0 Å². The van der Waals surface area contributed by atoms with Gasteiger partial charge in [0.2, 0.25) is 0 Å². The first-order valence-corrected chi connectivity index (χ1v) is 5.22. The van der Waals surface area contributed by atoms with E-state index in [-0.39, 0.29) is 0 Å². The Kier molecular flexibility index (Phi) is 2.37. The van der Waals surface area contributed by atoms with Crippen LogP contribution in [0.3, 0.4) is 0 Å². The Hall–Kier alpha value is -1.20. The highest BCUT2D eigenvalue weighted by molar-refractivity contribution is 8.08. The zero-order valence-electron chi connectivity index (χ0n) is 7.16. The maximum absolute atomic E-state index is 8.73. The summed E-state index contributed by atoms with van der Waals surface area (Å²) in [5.74, 6) is 1.17. The molecule has 0 radical (unpaired) electrons. The topological polar surface area (TPSA) is 23.8 Å². The number of nitriles is 1. The van der Waals surface area contributed by atoms with Crippen LogP contribution in [0.5, 0.6) is 0 Å². The molecular formula is C11H9NS. The van der Waals surface area contributed by atoms with Crippen molar-refractivity contribution in [3.63, 3.8) is 0 Å². The van der Waals surface area contributed by atoms with Crippen LogP contribution >= 0.6 is 11.8 Å². The molecular weight excluding hydrogens is 178 g/mol. The number of nitrogens with zero attached hydrogens (tertiary/aromatic N) is 1. The van der Waals surface area contributed by atoms with E-state index < -0.39 is 0 Å². The Morgan fingerprint density at radius 2 is 2.31 bits per heavy atom. The normalized spacial score (nSPS) is 15.2. The maximum Gasteiger partial charge on any atom is 0.0991 e. The first kappa shape index (κ1) is 8.40. The maximum atomic E-state index is 8.73. The predicted octanol–water partition coefficient (Wildman–Crippen LogP) is 3.04. The monoisotopic (exact) mass is 187 g/mol. The minimum Gasteiger partial charge on any atom is -0.192 e. The average Bonchev–Trinajstić information content (AvgIpc) is 2.71. The lowest BCUT2D eigenvalue weighted by atomic mass is 10.1. The van der Waals surface area contributed by atoms with Crippen molar-refractivity contribution in [3.05, 3.63) is 41.5 Å². The van der Waals surface area contributed by atoms with E-state index in [1.54, 1.807) is 0 Å². The van der Waals surface area contributed by atoms with E-state index in [0.717, 1.165) is 12.0 Å². The fourth-order valence-corrected chi connectivity index (χ4v) is 2.35. The average molecular weight is 187 g/mol. The second-order valence-electron chi connectivity index (χ2n) is 2.90. The van der Waals surface area contributed by atoms with E-state index in [9.17, 15) is 0 Å². The van der Waals surface area contributed by atoms with Crippen molar-refractivity contribution in [2.24, 2.45) is 0 Å². The Balaban J connectivity index is 2.36. The van der Waals surface area contributed by atoms with Gasteiger partial charge in [-0.1, -0.05) is 18.2 Å². The molecule has 0 atom stereocenters. The van der Waals surface area contributed by atoms with E-state index in [1.807, 2.05) is 30.0 Å². The molecule has 0 unspecified atom stereocenters. The zero-order valence-corrected chi connectivity index (χ0v) is 7.97. The smallest absolute Gasteiger partial charge is 0.0991 e. The molecule has 1 heterocycles. The van der Waals surface area contributed by atoms with Gasteiger partial charge in [0.25, 0.3) is 0 Å². The van der Waals surface area contributed by atoms with Crippen molar-refractivity contribution in [1.29, 1.82) is 5.26 Å². The molecule has 0 saturated carbocycles. The Morgan fingerprint density at radius 3 is 3.00 bits per heavy atom. The molecule has 0 N–H and O–H groups in total. The van der Waals surface area contributed by atoms with Gasteiger partial charge in [0.15, 0.2) is 0 Å². The first-order chi connectivity index (χ1) is 6.40. The first-order valence-electron chi connectivity index (χ1n) is 4.23. The Labute approximate surface area is 82.1 Å². The highest BCUT2D eigenvalue weighted by atomic mass is 32.2. The highest BCUT2D eigenvalue weighted by Gasteiger charge is 2.07. The third kappa shape index (κ3) is 1.76. The van der Waals surface area contributed by atoms with Crippen LogP contribution in [0.15, 0.2) is 30.3 Å². The van der Waals surface area contributed by atoms with Crippen molar-refractivity contribution in [2.75, 3.05) is 5.75 Å². The van der Waals surface area contributed by atoms with E-state index in [1.165, 1.54) is 16.2 Å². The molecule has 0 aromatic heterocycles. The van der Waals surface area contributed by atoms with Crippen LogP contribution in [0.1, 0.15) is 17.5 Å². The summed E-state index contributed by atoms with van der Waals surface area (Å²) < 4.78 is 0. The van der Waals surface area contributed by atoms with E-state index in [2.05, 4.69) is 18.2 Å². The van der Waals surface area contributed by atoms with Gasteiger partial charge in [0.1, 0.15) is 0 Å². The fourth-order valence-electron chi connectivity index (χ4n) is 1.36. The third-order valence-corrected chi connectivity index (χ3v) is 3.13. The quantitative estimate of drug-likeness (QED) is 0.674. The molecule has 1 aliphatic rings. The molecule has 1 aromatic rings. The van der Waals surface area contributed by atoms with Gasteiger partial charge in [0, 0.05) is 10.7 Å². The highest BCUT2D eigenvalue weighted by Crippen LogP contribution is 2.33. The molecule has 1 aliphatic heterocycles. The van der Waals surface area contributed by atoms with Crippen LogP contribution in [0, 0.1) is 11.3 Å². The summed E-state index contributed by atoms with van der Waals surface area (Å²) >= 11 is 1.87. The minimum atomic E-state index is 0.742. The van der Waals surface area contributed by atoms with Crippen molar-refractivity contribution < 1.29 is 0 Å². The van der Waals surface area contributed by atoms with Crippen LogP contribution in [-0.4, -0.2) is 5.75 Å². The van der Waals surface area contributed by atoms with Crippen molar-refractivity contribution in [3.8, 4) is 6.07 Å². The van der Waals surface area contributed by atoms with Gasteiger partial charge >= 0.3 is 0 Å². The van der Waals surface area contributed by atoms with Crippen molar-refractivity contribution in [2.45, 2.75) is 6.42 Å². The minimum absolute atomic E-state index is 0.742. The molecule has 0 amide bonds. The number of hydrogen-bond acceptors (Lipinski definition) is 2. The second kappa shape index (κ2) is 3.68. The zero-order chi connectivity index (χ0) is 9.10. The van der Waals surface area contributed by atoms with Gasteiger partial charge in [0.05, 0.1) is 11.6 Å². The molecule has 64 valence electrons. The molecule has 2 heteroatoms. The Bertz CT molecular complexity index is 387. The fraction of sp³-hybridized carbons (Fsp3) is 0.182. The number of benzene rings is 1.